The summed E-state index contributed by atoms with van der Waals surface area (Å²) >= 11 is 0. The van der Waals surface area contributed by atoms with Crippen molar-refractivity contribution in [3.05, 3.63) is 47.3 Å². The lowest BCUT2D eigenvalue weighted by Gasteiger charge is -2.58. The van der Waals surface area contributed by atoms with Crippen molar-refractivity contribution in [2.75, 3.05) is 0 Å². The van der Waals surface area contributed by atoms with Gasteiger partial charge in [-0.15, -0.1) is 0 Å². The Morgan fingerprint density at radius 1 is 1.00 bits per heavy atom. The Labute approximate surface area is 201 Å². The standard InChI is InChI=1S/C31H45FO/c1-21(7-6-9-29(33)22-10-13-24(32)14-11-22)26-16-17-27-25-15-12-23-8-4-5-19-30(23,2)28(25)18-20-31(26,27)3/h10-14,21,25-29,33H,4-9,15-20H2,1-3H3/t21-,25+,26-,27+,28+,29?,30+,31-/m1/s1. The molecule has 8 atom stereocenters. The molecule has 4 aliphatic rings. The molecule has 1 aromatic carbocycles. The summed E-state index contributed by atoms with van der Waals surface area (Å²) in [7, 11) is 0. The Bertz CT molecular complexity index is 858. The van der Waals surface area contributed by atoms with Crippen LogP contribution in [0.1, 0.15) is 109 Å². The Balaban J connectivity index is 1.21. The van der Waals surface area contributed by atoms with Crippen LogP contribution in [0.2, 0.25) is 0 Å². The SMILES string of the molecule is C[C@H](CCCC(O)c1ccc(F)cc1)[C@H]1CC[C@H]2[C@@H]3CC=C4CCCC[C@]4(C)[C@H]3CC[C@]12C. The number of rotatable bonds is 6. The zero-order chi connectivity index (χ0) is 23.2. The van der Waals surface area contributed by atoms with Crippen LogP contribution in [0.4, 0.5) is 4.39 Å². The van der Waals surface area contributed by atoms with Gasteiger partial charge in [-0.05, 0) is 116 Å². The fourth-order valence-corrected chi connectivity index (χ4v) is 9.36. The largest absolute Gasteiger partial charge is 0.388 e. The maximum atomic E-state index is 13.2. The number of hydrogen-bond donors (Lipinski definition) is 1. The topological polar surface area (TPSA) is 20.2 Å². The highest BCUT2D eigenvalue weighted by atomic mass is 19.1. The zero-order valence-corrected chi connectivity index (χ0v) is 21.2. The first kappa shape index (κ1) is 23.6. The van der Waals surface area contributed by atoms with Gasteiger partial charge in [0.15, 0.2) is 0 Å². The summed E-state index contributed by atoms with van der Waals surface area (Å²) in [5.41, 5.74) is 3.67. The van der Waals surface area contributed by atoms with Crippen LogP contribution >= 0.6 is 0 Å². The van der Waals surface area contributed by atoms with Gasteiger partial charge >= 0.3 is 0 Å². The normalized spacial score (nSPS) is 39.7. The van der Waals surface area contributed by atoms with Crippen molar-refractivity contribution in [3.63, 3.8) is 0 Å². The monoisotopic (exact) mass is 452 g/mol. The van der Waals surface area contributed by atoms with Gasteiger partial charge in [0.2, 0.25) is 0 Å². The average molecular weight is 453 g/mol. The van der Waals surface area contributed by atoms with Gasteiger partial charge in [0.1, 0.15) is 5.82 Å². The van der Waals surface area contributed by atoms with Gasteiger partial charge in [0.25, 0.3) is 0 Å². The number of aliphatic hydroxyl groups excluding tert-OH is 1. The van der Waals surface area contributed by atoms with E-state index in [2.05, 4.69) is 26.8 Å². The average Bonchev–Trinajstić information content (AvgIpc) is 3.16. The highest BCUT2D eigenvalue weighted by Crippen LogP contribution is 2.67. The number of hydrogen-bond acceptors (Lipinski definition) is 1. The van der Waals surface area contributed by atoms with Crippen LogP contribution in [0, 0.1) is 46.2 Å². The second kappa shape index (κ2) is 9.14. The van der Waals surface area contributed by atoms with Crippen molar-refractivity contribution < 1.29 is 9.50 Å². The molecule has 4 aliphatic carbocycles. The lowest BCUT2D eigenvalue weighted by atomic mass is 9.47. The Morgan fingerprint density at radius 2 is 1.79 bits per heavy atom. The number of halogens is 1. The van der Waals surface area contributed by atoms with E-state index in [0.29, 0.717) is 10.8 Å². The molecular formula is C31H45FO. The summed E-state index contributed by atoms with van der Waals surface area (Å²) in [5, 5.41) is 10.5. The van der Waals surface area contributed by atoms with Crippen LogP contribution in [0.25, 0.3) is 0 Å². The second-order valence-corrected chi connectivity index (χ2v) is 12.7. The zero-order valence-electron chi connectivity index (χ0n) is 21.2. The molecule has 0 spiro atoms. The summed E-state index contributed by atoms with van der Waals surface area (Å²) in [4.78, 5) is 0. The van der Waals surface area contributed by atoms with Crippen molar-refractivity contribution in [1.29, 1.82) is 0 Å². The Morgan fingerprint density at radius 3 is 2.58 bits per heavy atom. The van der Waals surface area contributed by atoms with E-state index in [4.69, 9.17) is 0 Å². The van der Waals surface area contributed by atoms with Crippen LogP contribution in [-0.4, -0.2) is 5.11 Å². The lowest BCUT2D eigenvalue weighted by Crippen LogP contribution is -2.50. The summed E-state index contributed by atoms with van der Waals surface area (Å²) in [6.45, 7) is 7.76. The number of benzene rings is 1. The molecule has 1 unspecified atom stereocenters. The van der Waals surface area contributed by atoms with E-state index in [1.54, 1.807) is 12.1 Å². The highest BCUT2D eigenvalue weighted by molar-refractivity contribution is 5.24. The summed E-state index contributed by atoms with van der Waals surface area (Å²) in [5.74, 6) is 4.06. The molecule has 3 saturated carbocycles. The molecule has 2 heteroatoms. The quantitative estimate of drug-likeness (QED) is 0.428. The fraction of sp³-hybridized carbons (Fsp3) is 0.742. The third-order valence-corrected chi connectivity index (χ3v) is 11.2. The molecule has 0 bridgehead atoms. The van der Waals surface area contributed by atoms with E-state index in [9.17, 15) is 9.50 Å². The van der Waals surface area contributed by atoms with Crippen molar-refractivity contribution in [1.82, 2.24) is 0 Å². The first-order valence-electron chi connectivity index (χ1n) is 14.0. The van der Waals surface area contributed by atoms with E-state index in [0.717, 1.165) is 48.0 Å². The van der Waals surface area contributed by atoms with E-state index >= 15 is 0 Å². The third kappa shape index (κ3) is 4.13. The van der Waals surface area contributed by atoms with Gasteiger partial charge in [-0.25, -0.2) is 4.39 Å². The molecule has 1 aromatic rings. The van der Waals surface area contributed by atoms with E-state index in [1.807, 2.05) is 5.57 Å². The first-order chi connectivity index (χ1) is 15.8. The molecule has 33 heavy (non-hydrogen) atoms. The molecule has 0 radical (unpaired) electrons. The Kier molecular flexibility index (Phi) is 6.53. The van der Waals surface area contributed by atoms with Crippen LogP contribution < -0.4 is 0 Å². The van der Waals surface area contributed by atoms with Gasteiger partial charge in [0, 0.05) is 0 Å². The fourth-order valence-electron chi connectivity index (χ4n) is 9.36. The van der Waals surface area contributed by atoms with Crippen LogP contribution in [-0.2, 0) is 0 Å². The minimum absolute atomic E-state index is 0.236. The Hall–Kier alpha value is -1.15. The van der Waals surface area contributed by atoms with Gasteiger partial charge in [0.05, 0.1) is 6.10 Å². The molecular weight excluding hydrogens is 407 g/mol. The molecule has 0 aromatic heterocycles. The predicted molar refractivity (Wildman–Crippen MR) is 134 cm³/mol. The summed E-state index contributed by atoms with van der Waals surface area (Å²) in [6, 6.07) is 6.35. The van der Waals surface area contributed by atoms with Gasteiger partial charge in [-0.1, -0.05) is 63.8 Å². The molecule has 0 heterocycles. The minimum atomic E-state index is -0.473. The van der Waals surface area contributed by atoms with Crippen molar-refractivity contribution in [3.8, 4) is 0 Å². The van der Waals surface area contributed by atoms with Crippen LogP contribution in [0.5, 0.6) is 0 Å². The smallest absolute Gasteiger partial charge is 0.123 e. The summed E-state index contributed by atoms with van der Waals surface area (Å²) in [6.07, 6.45) is 17.9. The maximum absolute atomic E-state index is 13.2. The molecule has 0 aliphatic heterocycles. The van der Waals surface area contributed by atoms with Gasteiger partial charge in [-0.2, -0.15) is 0 Å². The van der Waals surface area contributed by atoms with Crippen molar-refractivity contribution >= 4 is 0 Å². The molecule has 1 nitrogen and oxygen atoms in total. The first-order valence-corrected chi connectivity index (χ1v) is 14.0. The summed E-state index contributed by atoms with van der Waals surface area (Å²) < 4.78 is 13.2. The van der Waals surface area contributed by atoms with Crippen LogP contribution in [0.15, 0.2) is 35.9 Å². The predicted octanol–water partition coefficient (Wildman–Crippen LogP) is 8.63. The molecule has 0 saturated heterocycles. The van der Waals surface area contributed by atoms with Crippen molar-refractivity contribution in [2.24, 2.45) is 40.4 Å². The molecule has 3 fully saturated rings. The molecule has 0 amide bonds. The number of fused-ring (bicyclic) bond motifs is 5. The molecule has 5 rings (SSSR count). The van der Waals surface area contributed by atoms with E-state index in [-0.39, 0.29) is 5.82 Å². The van der Waals surface area contributed by atoms with E-state index < -0.39 is 6.10 Å². The van der Waals surface area contributed by atoms with E-state index in [1.165, 1.54) is 76.3 Å². The highest BCUT2D eigenvalue weighted by Gasteiger charge is 2.58. The maximum Gasteiger partial charge on any atom is 0.123 e. The second-order valence-electron chi connectivity index (χ2n) is 12.7. The van der Waals surface area contributed by atoms with Gasteiger partial charge in [-0.3, -0.25) is 0 Å². The minimum Gasteiger partial charge on any atom is -0.388 e. The molecule has 182 valence electrons. The van der Waals surface area contributed by atoms with Gasteiger partial charge < -0.3 is 5.11 Å². The van der Waals surface area contributed by atoms with Crippen molar-refractivity contribution in [2.45, 2.75) is 104 Å². The van der Waals surface area contributed by atoms with Crippen LogP contribution in [0.3, 0.4) is 0 Å². The number of aliphatic hydroxyl groups is 1. The third-order valence-electron chi connectivity index (χ3n) is 11.2. The lowest BCUT2D eigenvalue weighted by molar-refractivity contribution is -0.0501. The molecule has 1 N–H and O–H groups in total. The number of allylic oxidation sites excluding steroid dienone is 2.